The van der Waals surface area contributed by atoms with Crippen molar-refractivity contribution in [2.75, 3.05) is 7.05 Å². The first kappa shape index (κ1) is 14.3. The van der Waals surface area contributed by atoms with Crippen molar-refractivity contribution in [3.05, 3.63) is 71.3 Å². The van der Waals surface area contributed by atoms with Crippen LogP contribution in [-0.4, -0.2) is 23.0 Å². The summed E-state index contributed by atoms with van der Waals surface area (Å²) in [7, 11) is 1.84. The van der Waals surface area contributed by atoms with Gasteiger partial charge in [0.25, 0.3) is 0 Å². The summed E-state index contributed by atoms with van der Waals surface area (Å²) < 4.78 is 0. The van der Waals surface area contributed by atoms with Crippen molar-refractivity contribution in [3.63, 3.8) is 0 Å². The highest BCUT2D eigenvalue weighted by Crippen LogP contribution is 2.22. The van der Waals surface area contributed by atoms with E-state index in [1.807, 2.05) is 73.5 Å². The average molecular weight is 269 g/mol. The van der Waals surface area contributed by atoms with Gasteiger partial charge >= 0.3 is 5.97 Å². The Balaban J connectivity index is 2.23. The highest BCUT2D eigenvalue weighted by molar-refractivity contribution is 5.75. The summed E-state index contributed by atoms with van der Waals surface area (Å²) in [5.74, 6) is -0.825. The third kappa shape index (κ3) is 3.45. The quantitative estimate of drug-likeness (QED) is 0.905. The van der Waals surface area contributed by atoms with Crippen molar-refractivity contribution < 1.29 is 9.90 Å². The Bertz CT molecular complexity index is 581. The van der Waals surface area contributed by atoms with E-state index in [9.17, 15) is 9.90 Å². The smallest absolute Gasteiger partial charge is 0.325 e. The molecular weight excluding hydrogens is 250 g/mol. The molecule has 0 saturated carbocycles. The maximum atomic E-state index is 11.6. The summed E-state index contributed by atoms with van der Waals surface area (Å²) in [4.78, 5) is 13.5. The highest BCUT2D eigenvalue weighted by Gasteiger charge is 2.24. The fourth-order valence-corrected chi connectivity index (χ4v) is 2.39. The van der Waals surface area contributed by atoms with Crippen molar-refractivity contribution in [3.8, 4) is 0 Å². The number of hydrogen-bond acceptors (Lipinski definition) is 2. The standard InChI is InChI=1S/C17H19NO2/c1-13-7-6-10-15(11-13)16(17(19)20)18(2)12-14-8-4-3-5-9-14/h3-11,16H,12H2,1-2H3,(H,19,20). The van der Waals surface area contributed by atoms with Gasteiger partial charge in [-0.2, -0.15) is 0 Å². The van der Waals surface area contributed by atoms with Crippen LogP contribution in [0.4, 0.5) is 0 Å². The summed E-state index contributed by atoms with van der Waals surface area (Å²) in [6, 6.07) is 16.9. The summed E-state index contributed by atoms with van der Waals surface area (Å²) in [5.41, 5.74) is 2.99. The number of likely N-dealkylation sites (N-methyl/N-ethyl adjacent to an activating group) is 1. The lowest BCUT2D eigenvalue weighted by Gasteiger charge is -2.25. The number of nitrogens with zero attached hydrogens (tertiary/aromatic N) is 1. The van der Waals surface area contributed by atoms with Gasteiger partial charge in [0.2, 0.25) is 0 Å². The normalized spacial score (nSPS) is 12.3. The molecule has 104 valence electrons. The lowest BCUT2D eigenvalue weighted by Crippen LogP contribution is -2.30. The van der Waals surface area contributed by atoms with Gasteiger partial charge in [-0.25, -0.2) is 0 Å². The topological polar surface area (TPSA) is 40.5 Å². The third-order valence-corrected chi connectivity index (χ3v) is 3.31. The molecule has 1 atom stereocenters. The van der Waals surface area contributed by atoms with Crippen LogP contribution < -0.4 is 0 Å². The number of benzene rings is 2. The Kier molecular flexibility index (Phi) is 4.53. The van der Waals surface area contributed by atoms with E-state index < -0.39 is 12.0 Å². The first-order valence-corrected chi connectivity index (χ1v) is 6.61. The molecule has 3 nitrogen and oxygen atoms in total. The van der Waals surface area contributed by atoms with E-state index in [1.54, 1.807) is 0 Å². The van der Waals surface area contributed by atoms with E-state index in [4.69, 9.17) is 0 Å². The fraction of sp³-hybridized carbons (Fsp3) is 0.235. The van der Waals surface area contributed by atoms with Gasteiger partial charge in [0.1, 0.15) is 6.04 Å². The fourth-order valence-electron chi connectivity index (χ4n) is 2.39. The highest BCUT2D eigenvalue weighted by atomic mass is 16.4. The zero-order valence-electron chi connectivity index (χ0n) is 11.8. The number of carbonyl (C=O) groups is 1. The summed E-state index contributed by atoms with van der Waals surface area (Å²) >= 11 is 0. The lowest BCUT2D eigenvalue weighted by atomic mass is 10.0. The summed E-state index contributed by atoms with van der Waals surface area (Å²) in [5, 5.41) is 9.52. The Labute approximate surface area is 119 Å². The molecule has 2 aromatic carbocycles. The zero-order valence-corrected chi connectivity index (χ0v) is 11.8. The molecule has 0 aliphatic carbocycles. The van der Waals surface area contributed by atoms with Crippen molar-refractivity contribution in [1.29, 1.82) is 0 Å². The van der Waals surface area contributed by atoms with Crippen LogP contribution in [0, 0.1) is 6.92 Å². The number of hydrogen-bond donors (Lipinski definition) is 1. The van der Waals surface area contributed by atoms with E-state index in [1.165, 1.54) is 0 Å². The maximum absolute atomic E-state index is 11.6. The second-order valence-electron chi connectivity index (χ2n) is 5.06. The van der Waals surface area contributed by atoms with Crippen LogP contribution in [0.2, 0.25) is 0 Å². The first-order chi connectivity index (χ1) is 9.58. The minimum Gasteiger partial charge on any atom is -0.480 e. The average Bonchev–Trinajstić information content (AvgIpc) is 2.39. The number of aliphatic carboxylic acids is 1. The van der Waals surface area contributed by atoms with Crippen LogP contribution in [0.1, 0.15) is 22.7 Å². The van der Waals surface area contributed by atoms with E-state index in [-0.39, 0.29) is 0 Å². The van der Waals surface area contributed by atoms with Crippen molar-refractivity contribution in [1.82, 2.24) is 4.90 Å². The van der Waals surface area contributed by atoms with Crippen LogP contribution in [0.3, 0.4) is 0 Å². The number of carboxylic acids is 1. The van der Waals surface area contributed by atoms with Gasteiger partial charge in [0, 0.05) is 6.54 Å². The van der Waals surface area contributed by atoms with E-state index in [0.29, 0.717) is 6.54 Å². The van der Waals surface area contributed by atoms with Crippen LogP contribution in [-0.2, 0) is 11.3 Å². The molecule has 0 bridgehead atoms. The molecule has 0 aliphatic rings. The second kappa shape index (κ2) is 6.35. The largest absolute Gasteiger partial charge is 0.480 e. The Morgan fingerprint density at radius 1 is 1.15 bits per heavy atom. The SMILES string of the molecule is Cc1cccc(C(C(=O)O)N(C)Cc2ccccc2)c1. The molecule has 0 saturated heterocycles. The number of carboxylic acid groups (broad SMARTS) is 1. The number of rotatable bonds is 5. The predicted molar refractivity (Wildman–Crippen MR) is 79.5 cm³/mol. The van der Waals surface area contributed by atoms with Crippen molar-refractivity contribution in [2.45, 2.75) is 19.5 Å². The summed E-state index contributed by atoms with van der Waals surface area (Å²) in [6.45, 7) is 2.57. The molecule has 0 amide bonds. The van der Waals surface area contributed by atoms with Crippen LogP contribution in [0.5, 0.6) is 0 Å². The minimum atomic E-state index is -0.825. The Morgan fingerprint density at radius 2 is 1.85 bits per heavy atom. The molecule has 0 aromatic heterocycles. The molecule has 1 unspecified atom stereocenters. The predicted octanol–water partition coefficient (Wildman–Crippen LogP) is 3.25. The van der Waals surface area contributed by atoms with Gasteiger partial charge in [-0.3, -0.25) is 9.69 Å². The zero-order chi connectivity index (χ0) is 14.5. The monoisotopic (exact) mass is 269 g/mol. The van der Waals surface area contributed by atoms with Crippen molar-refractivity contribution >= 4 is 5.97 Å². The first-order valence-electron chi connectivity index (χ1n) is 6.61. The second-order valence-corrected chi connectivity index (χ2v) is 5.06. The molecule has 0 radical (unpaired) electrons. The van der Waals surface area contributed by atoms with Gasteiger partial charge in [-0.05, 0) is 25.1 Å². The van der Waals surface area contributed by atoms with E-state index >= 15 is 0 Å². The lowest BCUT2D eigenvalue weighted by molar-refractivity contribution is -0.143. The molecule has 0 heterocycles. The molecule has 3 heteroatoms. The van der Waals surface area contributed by atoms with Gasteiger partial charge < -0.3 is 5.11 Å². The molecule has 2 aromatic rings. The van der Waals surface area contributed by atoms with E-state index in [0.717, 1.165) is 16.7 Å². The van der Waals surface area contributed by atoms with Gasteiger partial charge in [-0.15, -0.1) is 0 Å². The van der Waals surface area contributed by atoms with Gasteiger partial charge in [0.15, 0.2) is 0 Å². The minimum absolute atomic E-state index is 0.603. The van der Waals surface area contributed by atoms with Gasteiger partial charge in [0.05, 0.1) is 0 Å². The Hall–Kier alpha value is -2.13. The summed E-state index contributed by atoms with van der Waals surface area (Å²) in [6.07, 6.45) is 0. The molecule has 2 rings (SSSR count). The molecule has 0 spiro atoms. The van der Waals surface area contributed by atoms with E-state index in [2.05, 4.69) is 0 Å². The van der Waals surface area contributed by atoms with Gasteiger partial charge in [-0.1, -0.05) is 60.2 Å². The number of aryl methyl sites for hydroxylation is 1. The molecule has 20 heavy (non-hydrogen) atoms. The van der Waals surface area contributed by atoms with Crippen LogP contribution in [0.25, 0.3) is 0 Å². The van der Waals surface area contributed by atoms with Crippen molar-refractivity contribution in [2.24, 2.45) is 0 Å². The third-order valence-electron chi connectivity index (χ3n) is 3.31. The molecule has 0 fully saturated rings. The maximum Gasteiger partial charge on any atom is 0.325 e. The Morgan fingerprint density at radius 3 is 2.45 bits per heavy atom. The molecule has 0 aliphatic heterocycles. The van der Waals surface area contributed by atoms with Crippen LogP contribution >= 0.6 is 0 Å². The molecule has 1 N–H and O–H groups in total. The molecular formula is C17H19NO2. The van der Waals surface area contributed by atoms with Crippen LogP contribution in [0.15, 0.2) is 54.6 Å².